The van der Waals surface area contributed by atoms with Gasteiger partial charge < -0.3 is 14.5 Å². The molecule has 0 saturated carbocycles. The first-order valence-electron chi connectivity index (χ1n) is 3.35. The summed E-state index contributed by atoms with van der Waals surface area (Å²) in [6, 6.07) is 3.59. The van der Waals surface area contributed by atoms with Gasteiger partial charge in [0.1, 0.15) is 0 Å². The molecule has 3 heteroatoms. The maximum atomic E-state index is 10.5. The summed E-state index contributed by atoms with van der Waals surface area (Å²) in [6.07, 6.45) is 5.16. The number of fused-ring (bicyclic) bond motifs is 1. The van der Waals surface area contributed by atoms with Crippen LogP contribution >= 0.6 is 0 Å². The minimum atomic E-state index is -1.04. The molecule has 1 aromatic heterocycles. The molecule has 2 heterocycles. The van der Waals surface area contributed by atoms with Crippen molar-refractivity contribution in [2.45, 2.75) is 5.92 Å². The Hall–Kier alpha value is -1.51. The minimum Gasteiger partial charge on any atom is -0.549 e. The van der Waals surface area contributed by atoms with Gasteiger partial charge in [0.05, 0.1) is 11.9 Å². The van der Waals surface area contributed by atoms with Crippen molar-refractivity contribution in [3.63, 3.8) is 0 Å². The lowest BCUT2D eigenvalue weighted by atomic mass is 10.1. The smallest absolute Gasteiger partial charge is 0.0589 e. The Bertz CT molecular complexity index is 325. The van der Waals surface area contributed by atoms with E-state index in [1.165, 1.54) is 0 Å². The predicted molar refractivity (Wildman–Crippen MR) is 37.5 cm³/mol. The van der Waals surface area contributed by atoms with Gasteiger partial charge in [-0.3, -0.25) is 0 Å². The maximum absolute atomic E-state index is 10.5. The molecule has 1 aromatic rings. The SMILES string of the molecule is O=C([O-])C1C=Cn2cccc21. The van der Waals surface area contributed by atoms with Crippen LogP contribution in [0.1, 0.15) is 11.6 Å². The van der Waals surface area contributed by atoms with Crippen LogP contribution in [0.4, 0.5) is 0 Å². The van der Waals surface area contributed by atoms with Crippen molar-refractivity contribution in [3.05, 3.63) is 30.1 Å². The summed E-state index contributed by atoms with van der Waals surface area (Å²) >= 11 is 0. The topological polar surface area (TPSA) is 45.1 Å². The largest absolute Gasteiger partial charge is 0.549 e. The molecule has 0 aliphatic carbocycles. The third-order valence-corrected chi connectivity index (χ3v) is 1.82. The Labute approximate surface area is 63.6 Å². The van der Waals surface area contributed by atoms with Gasteiger partial charge in [0.25, 0.3) is 0 Å². The van der Waals surface area contributed by atoms with Crippen molar-refractivity contribution in [2.24, 2.45) is 0 Å². The Morgan fingerprint density at radius 2 is 2.45 bits per heavy atom. The van der Waals surface area contributed by atoms with Crippen LogP contribution in [0.25, 0.3) is 6.20 Å². The Morgan fingerprint density at radius 1 is 1.64 bits per heavy atom. The van der Waals surface area contributed by atoms with Gasteiger partial charge in [0.15, 0.2) is 0 Å². The average molecular weight is 148 g/mol. The lowest BCUT2D eigenvalue weighted by Gasteiger charge is -2.08. The molecule has 0 saturated heterocycles. The van der Waals surface area contributed by atoms with Gasteiger partial charge >= 0.3 is 0 Å². The fourth-order valence-corrected chi connectivity index (χ4v) is 1.28. The summed E-state index contributed by atoms with van der Waals surface area (Å²) in [7, 11) is 0. The monoisotopic (exact) mass is 148 g/mol. The number of nitrogens with zero attached hydrogens (tertiary/aromatic N) is 1. The maximum Gasteiger partial charge on any atom is 0.0589 e. The third kappa shape index (κ3) is 0.774. The fourth-order valence-electron chi connectivity index (χ4n) is 1.28. The number of hydrogen-bond acceptors (Lipinski definition) is 2. The summed E-state index contributed by atoms with van der Waals surface area (Å²) in [5.74, 6) is -1.61. The zero-order valence-corrected chi connectivity index (χ0v) is 5.73. The molecule has 0 aromatic carbocycles. The normalized spacial score (nSPS) is 20.2. The molecule has 0 N–H and O–H groups in total. The minimum absolute atomic E-state index is 0.565. The molecular formula is C8H6NO2-. The number of carbonyl (C=O) groups excluding carboxylic acids is 1. The van der Waals surface area contributed by atoms with Gasteiger partial charge in [-0.25, -0.2) is 0 Å². The van der Waals surface area contributed by atoms with Gasteiger partial charge in [0, 0.05) is 18.1 Å². The van der Waals surface area contributed by atoms with Crippen LogP contribution in [0.2, 0.25) is 0 Å². The summed E-state index contributed by atoms with van der Waals surface area (Å²) < 4.78 is 1.78. The van der Waals surface area contributed by atoms with Crippen LogP contribution in [0.5, 0.6) is 0 Å². The molecule has 1 unspecified atom stereocenters. The fraction of sp³-hybridized carbons (Fsp3) is 0.125. The van der Waals surface area contributed by atoms with Gasteiger partial charge in [-0.1, -0.05) is 6.08 Å². The summed E-state index contributed by atoms with van der Waals surface area (Å²) in [5, 5.41) is 10.5. The van der Waals surface area contributed by atoms with E-state index in [1.807, 2.05) is 12.3 Å². The average Bonchev–Trinajstić information content (AvgIpc) is 2.41. The highest BCUT2D eigenvalue weighted by atomic mass is 16.4. The molecule has 11 heavy (non-hydrogen) atoms. The molecular weight excluding hydrogens is 142 g/mol. The van der Waals surface area contributed by atoms with E-state index in [0.29, 0.717) is 0 Å². The van der Waals surface area contributed by atoms with Crippen molar-refractivity contribution >= 4 is 12.2 Å². The molecule has 0 bridgehead atoms. The highest BCUT2D eigenvalue weighted by molar-refractivity contribution is 5.78. The molecule has 3 nitrogen and oxygen atoms in total. The van der Waals surface area contributed by atoms with Crippen LogP contribution in [0.15, 0.2) is 24.4 Å². The molecule has 0 radical (unpaired) electrons. The van der Waals surface area contributed by atoms with E-state index in [0.717, 1.165) is 5.69 Å². The van der Waals surface area contributed by atoms with Crippen molar-refractivity contribution in [1.82, 2.24) is 4.57 Å². The van der Waals surface area contributed by atoms with Crippen molar-refractivity contribution in [3.8, 4) is 0 Å². The van der Waals surface area contributed by atoms with E-state index in [1.54, 1.807) is 22.9 Å². The van der Waals surface area contributed by atoms with E-state index in [-0.39, 0.29) is 0 Å². The summed E-state index contributed by atoms with van der Waals surface area (Å²) in [6.45, 7) is 0. The first-order valence-corrected chi connectivity index (χ1v) is 3.35. The predicted octanol–water partition coefficient (Wildman–Crippen LogP) is -0.194. The van der Waals surface area contributed by atoms with Crippen LogP contribution in [0.3, 0.4) is 0 Å². The second-order valence-corrected chi connectivity index (χ2v) is 2.48. The van der Waals surface area contributed by atoms with Crippen molar-refractivity contribution in [2.75, 3.05) is 0 Å². The number of carboxylic acids is 1. The van der Waals surface area contributed by atoms with Crippen molar-refractivity contribution < 1.29 is 9.90 Å². The first kappa shape index (κ1) is 6.22. The van der Waals surface area contributed by atoms with Crippen LogP contribution < -0.4 is 5.11 Å². The van der Waals surface area contributed by atoms with E-state index >= 15 is 0 Å². The third-order valence-electron chi connectivity index (χ3n) is 1.82. The molecule has 0 spiro atoms. The van der Waals surface area contributed by atoms with E-state index in [2.05, 4.69) is 0 Å². The van der Waals surface area contributed by atoms with Gasteiger partial charge in [-0.15, -0.1) is 0 Å². The lowest BCUT2D eigenvalue weighted by molar-refractivity contribution is -0.306. The lowest BCUT2D eigenvalue weighted by Crippen LogP contribution is -2.28. The standard InChI is InChI=1S/C8H7NO2/c10-8(11)6-3-5-9-4-1-2-7(6)9/h1-6H,(H,10,11)/p-1. The molecule has 0 amide bonds. The van der Waals surface area contributed by atoms with Gasteiger partial charge in [-0.2, -0.15) is 0 Å². The van der Waals surface area contributed by atoms with E-state index in [4.69, 9.17) is 0 Å². The number of aliphatic carboxylic acids is 1. The zero-order valence-electron chi connectivity index (χ0n) is 5.73. The van der Waals surface area contributed by atoms with E-state index in [9.17, 15) is 9.90 Å². The second-order valence-electron chi connectivity index (χ2n) is 2.48. The number of hydrogen-bond donors (Lipinski definition) is 0. The second kappa shape index (κ2) is 1.99. The first-order chi connectivity index (χ1) is 5.29. The van der Waals surface area contributed by atoms with E-state index < -0.39 is 11.9 Å². The Morgan fingerprint density at radius 3 is 3.18 bits per heavy atom. The van der Waals surface area contributed by atoms with Crippen molar-refractivity contribution in [1.29, 1.82) is 0 Å². The number of rotatable bonds is 1. The Kier molecular flexibility index (Phi) is 1.12. The summed E-state index contributed by atoms with van der Waals surface area (Å²) in [5.41, 5.74) is 0.769. The number of carboxylic acid groups (broad SMARTS) is 1. The van der Waals surface area contributed by atoms with Crippen LogP contribution in [-0.2, 0) is 4.79 Å². The Balaban J connectivity index is 2.46. The molecule has 56 valence electrons. The molecule has 0 fully saturated rings. The number of aromatic nitrogens is 1. The zero-order chi connectivity index (χ0) is 7.84. The number of carbonyl (C=O) groups is 1. The molecule has 1 aliphatic rings. The highest BCUT2D eigenvalue weighted by Gasteiger charge is 2.16. The molecule has 1 atom stereocenters. The summed E-state index contributed by atoms with van der Waals surface area (Å²) in [4.78, 5) is 10.5. The molecule has 1 aliphatic heterocycles. The quantitative estimate of drug-likeness (QED) is 0.554. The van der Waals surface area contributed by atoms with Crippen LogP contribution in [0, 0.1) is 0 Å². The van der Waals surface area contributed by atoms with Gasteiger partial charge in [0.2, 0.25) is 0 Å². The van der Waals surface area contributed by atoms with Crippen LogP contribution in [-0.4, -0.2) is 10.5 Å². The van der Waals surface area contributed by atoms with Gasteiger partial charge in [-0.05, 0) is 12.1 Å². The highest BCUT2D eigenvalue weighted by Crippen LogP contribution is 2.23. The molecule has 2 rings (SSSR count).